The van der Waals surface area contributed by atoms with Crippen LogP contribution < -0.4 is 15.4 Å². The molecule has 16 heteroatoms. The zero-order valence-corrected chi connectivity index (χ0v) is 25.5. The fraction of sp³-hybridized carbons (Fsp3) is 0.357. The standard InChI is InChI=1S/C28H33N5O9S2/c1-40-23-3-5-24(6-4-23)44(38,39)32(11-13-34)12-14-41-27-17-21(20-8-15-43-19-20)16-25(42-27)28(35)30-10-9-29-26-7-2-22(18-31-26)33(36)37/h2-8,15-16,18-19,21,27,34H,9-14,17H2,1H3,(H,29,31)(H,30,35)/t21-,27+/m0/s1. The van der Waals surface area contributed by atoms with E-state index < -0.39 is 27.1 Å². The first-order valence-corrected chi connectivity index (χ1v) is 16.0. The summed E-state index contributed by atoms with van der Waals surface area (Å²) < 4.78 is 44.4. The number of anilines is 1. The van der Waals surface area contributed by atoms with Crippen molar-refractivity contribution in [3.05, 3.63) is 86.9 Å². The summed E-state index contributed by atoms with van der Waals surface area (Å²) in [6.45, 7) is -0.0777. The third-order valence-corrected chi connectivity index (χ3v) is 9.23. The lowest BCUT2D eigenvalue weighted by molar-refractivity contribution is -0.385. The van der Waals surface area contributed by atoms with Gasteiger partial charge in [-0.1, -0.05) is 0 Å². The molecule has 0 aliphatic carbocycles. The van der Waals surface area contributed by atoms with Crippen molar-refractivity contribution in [2.45, 2.75) is 23.5 Å². The first-order chi connectivity index (χ1) is 21.2. The fourth-order valence-corrected chi connectivity index (χ4v) is 6.48. The zero-order valence-electron chi connectivity index (χ0n) is 23.8. The molecule has 2 aromatic heterocycles. The lowest BCUT2D eigenvalue weighted by atomic mass is 9.95. The number of allylic oxidation sites excluding steroid dienone is 1. The molecule has 0 bridgehead atoms. The predicted molar refractivity (Wildman–Crippen MR) is 162 cm³/mol. The number of nitrogens with one attached hydrogen (secondary N) is 2. The Balaban J connectivity index is 1.34. The minimum Gasteiger partial charge on any atom is -0.497 e. The highest BCUT2D eigenvalue weighted by Gasteiger charge is 2.30. The summed E-state index contributed by atoms with van der Waals surface area (Å²) in [6, 6.07) is 10.7. The third kappa shape index (κ3) is 8.73. The van der Waals surface area contributed by atoms with Crippen molar-refractivity contribution in [1.29, 1.82) is 0 Å². The van der Waals surface area contributed by atoms with Crippen LogP contribution in [-0.2, 0) is 24.3 Å². The Morgan fingerprint density at radius 1 is 1.20 bits per heavy atom. The van der Waals surface area contributed by atoms with Crippen LogP contribution in [0.3, 0.4) is 0 Å². The molecular weight excluding hydrogens is 614 g/mol. The van der Waals surface area contributed by atoms with Gasteiger partial charge in [0.25, 0.3) is 11.6 Å². The molecule has 44 heavy (non-hydrogen) atoms. The maximum Gasteiger partial charge on any atom is 0.287 e. The smallest absolute Gasteiger partial charge is 0.287 e. The van der Waals surface area contributed by atoms with E-state index in [1.807, 2.05) is 16.8 Å². The molecule has 0 saturated carbocycles. The largest absolute Gasteiger partial charge is 0.497 e. The molecule has 0 unspecified atom stereocenters. The molecule has 236 valence electrons. The molecule has 3 heterocycles. The molecule has 0 saturated heterocycles. The number of aliphatic hydroxyl groups is 1. The zero-order chi connectivity index (χ0) is 31.5. The number of nitrogens with zero attached hydrogens (tertiary/aromatic N) is 3. The summed E-state index contributed by atoms with van der Waals surface area (Å²) in [5.74, 6) is 0.388. The minimum atomic E-state index is -3.92. The van der Waals surface area contributed by atoms with E-state index in [0.29, 0.717) is 24.5 Å². The summed E-state index contributed by atoms with van der Waals surface area (Å²) in [7, 11) is -2.43. The van der Waals surface area contributed by atoms with Crippen LogP contribution in [0.5, 0.6) is 5.75 Å². The number of methoxy groups -OCH3 is 1. The molecule has 4 rings (SSSR count). The van der Waals surface area contributed by atoms with E-state index >= 15 is 0 Å². The second-order valence-electron chi connectivity index (χ2n) is 9.49. The van der Waals surface area contributed by atoms with Gasteiger partial charge in [-0.25, -0.2) is 13.4 Å². The van der Waals surface area contributed by atoms with Crippen molar-refractivity contribution in [1.82, 2.24) is 14.6 Å². The van der Waals surface area contributed by atoms with Gasteiger partial charge < -0.3 is 30.0 Å². The van der Waals surface area contributed by atoms with Crippen LogP contribution in [0.2, 0.25) is 0 Å². The monoisotopic (exact) mass is 647 g/mol. The van der Waals surface area contributed by atoms with Crippen LogP contribution >= 0.6 is 11.3 Å². The van der Waals surface area contributed by atoms with Gasteiger partial charge in [-0.3, -0.25) is 14.9 Å². The number of pyridine rings is 1. The summed E-state index contributed by atoms with van der Waals surface area (Å²) >= 11 is 1.52. The lowest BCUT2D eigenvalue weighted by Crippen LogP contribution is -2.38. The van der Waals surface area contributed by atoms with E-state index in [4.69, 9.17) is 14.2 Å². The van der Waals surface area contributed by atoms with Gasteiger partial charge in [-0.15, -0.1) is 0 Å². The summed E-state index contributed by atoms with van der Waals surface area (Å²) in [6.07, 6.45) is 2.46. The van der Waals surface area contributed by atoms with Crippen molar-refractivity contribution in [3.8, 4) is 5.75 Å². The van der Waals surface area contributed by atoms with Gasteiger partial charge in [0.05, 0.1) is 30.1 Å². The van der Waals surface area contributed by atoms with E-state index in [-0.39, 0.29) is 55.1 Å². The number of sulfonamides is 1. The number of hydrogen-bond acceptors (Lipinski definition) is 12. The van der Waals surface area contributed by atoms with Crippen LogP contribution in [0.25, 0.3) is 0 Å². The number of carbonyl (C=O) groups excluding carboxylic acids is 1. The van der Waals surface area contributed by atoms with Crippen LogP contribution in [-0.4, -0.2) is 86.4 Å². The molecule has 3 aromatic rings. The van der Waals surface area contributed by atoms with Crippen molar-refractivity contribution in [2.24, 2.45) is 0 Å². The number of aromatic nitrogens is 1. The number of ether oxygens (including phenoxy) is 3. The molecule has 1 aliphatic heterocycles. The molecule has 1 aliphatic rings. The van der Waals surface area contributed by atoms with E-state index in [0.717, 1.165) is 16.1 Å². The van der Waals surface area contributed by atoms with Gasteiger partial charge >= 0.3 is 0 Å². The van der Waals surface area contributed by atoms with Gasteiger partial charge in [0.2, 0.25) is 16.3 Å². The first-order valence-electron chi connectivity index (χ1n) is 13.6. The van der Waals surface area contributed by atoms with Gasteiger partial charge in [-0.2, -0.15) is 15.6 Å². The summed E-state index contributed by atoms with van der Waals surface area (Å²) in [5.41, 5.74) is 0.870. The number of nitro groups is 1. The Morgan fingerprint density at radius 3 is 2.64 bits per heavy atom. The first kappa shape index (κ1) is 32.8. The Morgan fingerprint density at radius 2 is 2.00 bits per heavy atom. The number of amides is 1. The van der Waals surface area contributed by atoms with E-state index in [1.54, 1.807) is 18.2 Å². The third-order valence-electron chi connectivity index (χ3n) is 6.62. The molecular formula is C28H33N5O9S2. The van der Waals surface area contributed by atoms with Gasteiger partial charge in [0, 0.05) is 44.6 Å². The highest BCUT2D eigenvalue weighted by Crippen LogP contribution is 2.32. The Bertz CT molecular complexity index is 1520. The molecule has 0 spiro atoms. The molecule has 1 amide bonds. The normalized spacial score (nSPS) is 16.6. The van der Waals surface area contributed by atoms with Crippen LogP contribution in [0.4, 0.5) is 11.5 Å². The van der Waals surface area contributed by atoms with E-state index in [9.17, 15) is 28.4 Å². The van der Waals surface area contributed by atoms with E-state index in [1.165, 1.54) is 42.7 Å². The van der Waals surface area contributed by atoms with Crippen LogP contribution in [0.15, 0.2) is 76.2 Å². The molecule has 1 aromatic carbocycles. The number of thiophene rings is 1. The lowest BCUT2D eigenvalue weighted by Gasteiger charge is -2.30. The second-order valence-corrected chi connectivity index (χ2v) is 12.2. The van der Waals surface area contributed by atoms with Crippen LogP contribution in [0, 0.1) is 10.1 Å². The minimum absolute atomic E-state index is 0.0442. The number of carbonyl (C=O) groups is 1. The van der Waals surface area contributed by atoms with E-state index in [2.05, 4.69) is 15.6 Å². The van der Waals surface area contributed by atoms with Gasteiger partial charge in [0.1, 0.15) is 17.8 Å². The van der Waals surface area contributed by atoms with Crippen molar-refractivity contribution < 1.29 is 37.5 Å². The topological polar surface area (TPSA) is 182 Å². The average molecular weight is 648 g/mol. The fourth-order valence-electron chi connectivity index (χ4n) is 4.34. The summed E-state index contributed by atoms with van der Waals surface area (Å²) in [5, 5.41) is 30.0. The SMILES string of the molecule is COc1ccc(S(=O)(=O)N(CCO)CCO[C@H]2C[C@@H](c3ccsc3)C=C(C(=O)NCCNc3ccc([N+](=O)[O-])cn3)O2)cc1. The van der Waals surface area contributed by atoms with Gasteiger partial charge in [-0.05, 0) is 58.8 Å². The van der Waals surface area contributed by atoms with Gasteiger partial charge in [0.15, 0.2) is 5.76 Å². The number of benzene rings is 1. The maximum absolute atomic E-state index is 13.2. The Labute approximate surface area is 258 Å². The van der Waals surface area contributed by atoms with Crippen molar-refractivity contribution in [2.75, 3.05) is 51.8 Å². The van der Waals surface area contributed by atoms with Crippen LogP contribution in [0.1, 0.15) is 17.9 Å². The highest BCUT2D eigenvalue weighted by molar-refractivity contribution is 7.89. The number of rotatable bonds is 16. The molecule has 14 nitrogen and oxygen atoms in total. The molecule has 3 N–H and O–H groups in total. The maximum atomic E-state index is 13.2. The average Bonchev–Trinajstić information content (AvgIpc) is 3.58. The van der Waals surface area contributed by atoms with Crippen molar-refractivity contribution in [3.63, 3.8) is 0 Å². The molecule has 2 atom stereocenters. The molecule has 0 radical (unpaired) electrons. The number of hydrogen-bond donors (Lipinski definition) is 3. The Hall–Kier alpha value is -4.09. The molecule has 0 fully saturated rings. The Kier molecular flexibility index (Phi) is 11.6. The summed E-state index contributed by atoms with van der Waals surface area (Å²) in [4.78, 5) is 27.3. The predicted octanol–water partition coefficient (Wildman–Crippen LogP) is 2.70. The highest BCUT2D eigenvalue weighted by atomic mass is 32.2. The van der Waals surface area contributed by atoms with Crippen molar-refractivity contribution >= 4 is 38.8 Å². The number of aliphatic hydroxyl groups excluding tert-OH is 1. The second kappa shape index (κ2) is 15.6. The quantitative estimate of drug-likeness (QED) is 0.118.